The van der Waals surface area contributed by atoms with E-state index in [2.05, 4.69) is 11.1 Å². The van der Waals surface area contributed by atoms with Gasteiger partial charge >= 0.3 is 7.82 Å². The zero-order valence-corrected chi connectivity index (χ0v) is 10.6. The highest BCUT2D eigenvalue weighted by Crippen LogP contribution is 2.35. The SMILES string of the molecule is C=CCOP(=O)(O)O.CC(N)c1ccccc1. The van der Waals surface area contributed by atoms with E-state index in [-0.39, 0.29) is 12.6 Å². The topological polar surface area (TPSA) is 92.8 Å². The molecule has 0 aliphatic carbocycles. The number of phosphoric ester groups is 1. The lowest BCUT2D eigenvalue weighted by molar-refractivity contribution is 0.216. The van der Waals surface area contributed by atoms with Crippen LogP contribution in [-0.4, -0.2) is 16.4 Å². The summed E-state index contributed by atoms with van der Waals surface area (Å²) >= 11 is 0. The van der Waals surface area contributed by atoms with E-state index in [1.165, 1.54) is 11.6 Å². The zero-order valence-electron chi connectivity index (χ0n) is 9.69. The summed E-state index contributed by atoms with van der Waals surface area (Å²) in [5, 5.41) is 0. The Morgan fingerprint density at radius 2 is 2.00 bits per heavy atom. The van der Waals surface area contributed by atoms with Gasteiger partial charge in [-0.15, -0.1) is 6.58 Å². The molecule has 0 saturated carbocycles. The smallest absolute Gasteiger partial charge is 0.324 e. The average Bonchev–Trinajstić information content (AvgIpc) is 2.27. The van der Waals surface area contributed by atoms with Gasteiger partial charge in [0.05, 0.1) is 6.61 Å². The van der Waals surface area contributed by atoms with Crippen molar-refractivity contribution in [1.82, 2.24) is 0 Å². The van der Waals surface area contributed by atoms with Crippen molar-refractivity contribution >= 4 is 7.82 Å². The fraction of sp³-hybridized carbons (Fsp3) is 0.273. The van der Waals surface area contributed by atoms with Gasteiger partial charge < -0.3 is 15.5 Å². The zero-order chi connectivity index (χ0) is 13.3. The Morgan fingerprint density at radius 3 is 2.24 bits per heavy atom. The molecule has 1 unspecified atom stereocenters. The average molecular weight is 259 g/mol. The van der Waals surface area contributed by atoms with E-state index < -0.39 is 7.82 Å². The molecule has 0 aliphatic heterocycles. The van der Waals surface area contributed by atoms with Gasteiger partial charge in [0.1, 0.15) is 0 Å². The van der Waals surface area contributed by atoms with Crippen molar-refractivity contribution in [3.63, 3.8) is 0 Å². The highest BCUT2D eigenvalue weighted by molar-refractivity contribution is 7.46. The van der Waals surface area contributed by atoms with Crippen molar-refractivity contribution in [2.24, 2.45) is 5.73 Å². The lowest BCUT2D eigenvalue weighted by atomic mass is 10.1. The Balaban J connectivity index is 0.000000304. The largest absolute Gasteiger partial charge is 0.469 e. The Labute approximate surface area is 101 Å². The number of benzene rings is 1. The predicted octanol–water partition coefficient (Wildman–Crippen LogP) is 1.99. The van der Waals surface area contributed by atoms with E-state index in [1.807, 2.05) is 37.3 Å². The van der Waals surface area contributed by atoms with Crippen molar-refractivity contribution in [3.05, 3.63) is 48.6 Å². The monoisotopic (exact) mass is 259 g/mol. The van der Waals surface area contributed by atoms with Crippen molar-refractivity contribution in [1.29, 1.82) is 0 Å². The maximum atomic E-state index is 9.81. The van der Waals surface area contributed by atoms with Gasteiger partial charge in [0, 0.05) is 6.04 Å². The molecule has 1 aromatic carbocycles. The second kappa shape index (κ2) is 8.17. The molecule has 0 heterocycles. The molecule has 0 saturated heterocycles. The molecule has 5 nitrogen and oxygen atoms in total. The summed E-state index contributed by atoms with van der Waals surface area (Å²) in [6.07, 6.45) is 1.26. The molecule has 17 heavy (non-hydrogen) atoms. The molecule has 1 atom stereocenters. The number of phosphoric acid groups is 1. The van der Waals surface area contributed by atoms with Crippen molar-refractivity contribution in [2.75, 3.05) is 6.61 Å². The van der Waals surface area contributed by atoms with Crippen LogP contribution in [-0.2, 0) is 9.09 Å². The van der Waals surface area contributed by atoms with Crippen LogP contribution in [0.5, 0.6) is 0 Å². The van der Waals surface area contributed by atoms with Crippen LogP contribution < -0.4 is 5.73 Å². The summed E-state index contributed by atoms with van der Waals surface area (Å²) in [7, 11) is -4.25. The van der Waals surface area contributed by atoms with Gasteiger partial charge in [0.15, 0.2) is 0 Å². The van der Waals surface area contributed by atoms with Gasteiger partial charge in [-0.3, -0.25) is 4.52 Å². The first-order valence-corrected chi connectivity index (χ1v) is 6.51. The second-order valence-corrected chi connectivity index (χ2v) is 4.51. The first-order chi connectivity index (χ1) is 7.87. The molecule has 0 radical (unpaired) electrons. The van der Waals surface area contributed by atoms with E-state index in [4.69, 9.17) is 15.5 Å². The van der Waals surface area contributed by atoms with Crippen LogP contribution in [0.25, 0.3) is 0 Å². The van der Waals surface area contributed by atoms with E-state index in [9.17, 15) is 4.57 Å². The third-order valence-corrected chi connectivity index (χ3v) is 2.17. The van der Waals surface area contributed by atoms with Crippen LogP contribution in [0.3, 0.4) is 0 Å². The minimum absolute atomic E-state index is 0.121. The summed E-state index contributed by atoms with van der Waals surface area (Å²) < 4.78 is 13.7. The normalized spacial score (nSPS) is 12.2. The van der Waals surface area contributed by atoms with Crippen LogP contribution in [0.4, 0.5) is 0 Å². The molecular weight excluding hydrogens is 241 g/mol. The molecule has 0 aromatic heterocycles. The molecule has 0 bridgehead atoms. The first-order valence-electron chi connectivity index (χ1n) is 4.98. The molecule has 1 rings (SSSR count). The third-order valence-electron chi connectivity index (χ3n) is 1.69. The summed E-state index contributed by atoms with van der Waals surface area (Å²) in [6.45, 7) is 5.06. The van der Waals surface area contributed by atoms with Crippen LogP contribution in [0.2, 0.25) is 0 Å². The van der Waals surface area contributed by atoms with Crippen LogP contribution in [0.15, 0.2) is 43.0 Å². The van der Waals surface area contributed by atoms with Crippen molar-refractivity contribution in [2.45, 2.75) is 13.0 Å². The number of rotatable bonds is 4. The van der Waals surface area contributed by atoms with Crippen LogP contribution in [0.1, 0.15) is 18.5 Å². The van der Waals surface area contributed by atoms with Crippen LogP contribution >= 0.6 is 7.82 Å². The van der Waals surface area contributed by atoms with E-state index in [0.29, 0.717) is 0 Å². The predicted molar refractivity (Wildman–Crippen MR) is 67.2 cm³/mol. The minimum atomic E-state index is -4.25. The van der Waals surface area contributed by atoms with Gasteiger partial charge in [-0.05, 0) is 12.5 Å². The van der Waals surface area contributed by atoms with Gasteiger partial charge in [0.2, 0.25) is 0 Å². The first kappa shape index (κ1) is 16.0. The fourth-order valence-electron chi connectivity index (χ4n) is 0.906. The molecule has 6 heteroatoms. The van der Waals surface area contributed by atoms with E-state index in [0.717, 1.165) is 0 Å². The summed E-state index contributed by atoms with van der Waals surface area (Å²) in [6, 6.07) is 10.2. The van der Waals surface area contributed by atoms with Crippen molar-refractivity contribution in [3.8, 4) is 0 Å². The lowest BCUT2D eigenvalue weighted by Gasteiger charge is -2.02. The second-order valence-electron chi connectivity index (χ2n) is 3.27. The van der Waals surface area contributed by atoms with Crippen LogP contribution in [0, 0.1) is 0 Å². The van der Waals surface area contributed by atoms with Gasteiger partial charge in [-0.1, -0.05) is 36.4 Å². The Morgan fingerprint density at radius 1 is 1.47 bits per heavy atom. The molecule has 96 valence electrons. The van der Waals surface area contributed by atoms with Gasteiger partial charge in [0.25, 0.3) is 0 Å². The number of hydrogen-bond acceptors (Lipinski definition) is 3. The molecule has 0 amide bonds. The number of nitrogens with two attached hydrogens (primary N) is 1. The minimum Gasteiger partial charge on any atom is -0.324 e. The fourth-order valence-corrected chi connectivity index (χ4v) is 1.21. The maximum Gasteiger partial charge on any atom is 0.469 e. The summed E-state index contributed by atoms with van der Waals surface area (Å²) in [4.78, 5) is 16.0. The highest BCUT2D eigenvalue weighted by Gasteiger charge is 2.10. The Bertz CT molecular complexity index is 361. The molecule has 4 N–H and O–H groups in total. The van der Waals surface area contributed by atoms with E-state index in [1.54, 1.807) is 0 Å². The molecule has 0 aliphatic rings. The summed E-state index contributed by atoms with van der Waals surface area (Å²) in [5.41, 5.74) is 6.81. The molecule has 0 spiro atoms. The maximum absolute atomic E-state index is 9.81. The third kappa shape index (κ3) is 9.93. The van der Waals surface area contributed by atoms with E-state index >= 15 is 0 Å². The van der Waals surface area contributed by atoms with Gasteiger partial charge in [-0.25, -0.2) is 4.57 Å². The Kier molecular flexibility index (Phi) is 7.70. The molecular formula is C11H18NO4P. The van der Waals surface area contributed by atoms with Crippen molar-refractivity contribution < 1.29 is 18.9 Å². The highest BCUT2D eigenvalue weighted by atomic mass is 31.2. The quantitative estimate of drug-likeness (QED) is 0.568. The van der Waals surface area contributed by atoms with Gasteiger partial charge in [-0.2, -0.15) is 0 Å². The standard InChI is InChI=1S/C8H11N.C3H7O4P/c1-7(9)8-5-3-2-4-6-8;1-2-3-7-8(4,5)6/h2-7H,9H2,1H3;2H,1,3H2,(H2,4,5,6). The lowest BCUT2D eigenvalue weighted by Crippen LogP contribution is -2.03. The number of hydrogen-bond donors (Lipinski definition) is 3. The molecule has 0 fully saturated rings. The molecule has 1 aromatic rings. The summed E-state index contributed by atoms with van der Waals surface area (Å²) in [5.74, 6) is 0. The Hall–Kier alpha value is -0.970.